The van der Waals surface area contributed by atoms with E-state index in [0.29, 0.717) is 0 Å². The normalized spacial score (nSPS) is 17.1. The molecule has 0 fully saturated rings. The lowest BCUT2D eigenvalue weighted by Gasteiger charge is -2.29. The molecule has 2 unspecified atom stereocenters. The maximum absolute atomic E-state index is 11.6. The Morgan fingerprint density at radius 1 is 1.35 bits per heavy atom. The lowest BCUT2D eigenvalue weighted by Crippen LogP contribution is -2.55. The Morgan fingerprint density at radius 2 is 1.82 bits per heavy atom. The largest absolute Gasteiger partial charge is 0.480 e. The average Bonchev–Trinajstić information content (AvgIpc) is 2.26. The Balaban J connectivity index is 3.47. The van der Waals surface area contributed by atoms with Gasteiger partial charge in [0.1, 0.15) is 0 Å². The van der Waals surface area contributed by atoms with Crippen LogP contribution in [0.5, 0.6) is 0 Å². The van der Waals surface area contributed by atoms with Crippen LogP contribution in [-0.4, -0.2) is 36.9 Å². The van der Waals surface area contributed by atoms with Crippen molar-refractivity contribution < 1.29 is 23.4 Å². The molecular formula is C10H13NO5S. The molecule has 0 radical (unpaired) electrons. The summed E-state index contributed by atoms with van der Waals surface area (Å²) in [4.78, 5) is 8.18. The second kappa shape index (κ2) is 4.44. The number of rotatable bonds is 4. The molecule has 0 bridgehead atoms. The maximum atomic E-state index is 11.6. The van der Waals surface area contributed by atoms with Gasteiger partial charge >= 0.3 is 5.97 Å². The first-order valence-electron chi connectivity index (χ1n) is 4.67. The Hall–Kier alpha value is -1.44. The Labute approximate surface area is 98.6 Å². The van der Waals surface area contributed by atoms with Gasteiger partial charge in [-0.15, -0.1) is 0 Å². The maximum Gasteiger partial charge on any atom is 0.325 e. The van der Waals surface area contributed by atoms with E-state index < -0.39 is 26.8 Å². The fourth-order valence-electron chi connectivity index (χ4n) is 1.47. The summed E-state index contributed by atoms with van der Waals surface area (Å²) in [6.45, 7) is 0. The molecule has 0 heterocycles. The molecule has 94 valence electrons. The Morgan fingerprint density at radius 3 is 2.18 bits per heavy atom. The monoisotopic (exact) mass is 259 g/mol. The summed E-state index contributed by atoms with van der Waals surface area (Å²) in [6, 6.07) is 5.24. The highest BCUT2D eigenvalue weighted by molar-refractivity contribution is 7.91. The topological polar surface area (TPSA) is 118 Å². The molecule has 1 aromatic rings. The fourth-order valence-corrected chi connectivity index (χ4v) is 2.59. The van der Waals surface area contributed by atoms with Crippen LogP contribution in [0, 0.1) is 0 Å². The predicted octanol–water partition coefficient (Wildman–Crippen LogP) is -0.712. The van der Waals surface area contributed by atoms with Crippen LogP contribution in [0.4, 0.5) is 0 Å². The zero-order valence-corrected chi connectivity index (χ0v) is 9.89. The molecule has 0 aromatic heterocycles. The van der Waals surface area contributed by atoms with Crippen molar-refractivity contribution in [3.05, 3.63) is 35.9 Å². The standard InChI is InChI=1S/C10H13NO5S/c1-17(15,16)10(14,8(11)9(12)13)7-5-3-2-4-6-7/h2-6,8,14H,11H2,1H3,(H,12,13). The number of carboxylic acids is 1. The highest BCUT2D eigenvalue weighted by Gasteiger charge is 2.49. The van der Waals surface area contributed by atoms with Gasteiger partial charge in [-0.25, -0.2) is 8.42 Å². The average molecular weight is 259 g/mol. The fraction of sp³-hybridized carbons (Fsp3) is 0.300. The van der Waals surface area contributed by atoms with E-state index in [4.69, 9.17) is 10.8 Å². The Kier molecular flexibility index (Phi) is 3.56. The number of hydrogen-bond acceptors (Lipinski definition) is 5. The zero-order chi connectivity index (χ0) is 13.3. The lowest BCUT2D eigenvalue weighted by molar-refractivity contribution is -0.142. The van der Waals surface area contributed by atoms with E-state index in [-0.39, 0.29) is 5.56 Å². The molecule has 4 N–H and O–H groups in total. The minimum Gasteiger partial charge on any atom is -0.480 e. The lowest BCUT2D eigenvalue weighted by atomic mass is 10.0. The molecular weight excluding hydrogens is 246 g/mol. The van der Waals surface area contributed by atoms with Crippen LogP contribution < -0.4 is 5.73 Å². The molecule has 1 aromatic carbocycles. The van der Waals surface area contributed by atoms with Gasteiger partial charge in [-0.2, -0.15) is 0 Å². The van der Waals surface area contributed by atoms with Gasteiger partial charge in [-0.3, -0.25) is 4.79 Å². The minimum absolute atomic E-state index is 0.0719. The molecule has 7 heteroatoms. The molecule has 0 saturated heterocycles. The summed E-state index contributed by atoms with van der Waals surface area (Å²) in [7, 11) is -4.11. The minimum atomic E-state index is -4.11. The van der Waals surface area contributed by atoms with Gasteiger partial charge < -0.3 is 15.9 Å². The molecule has 0 amide bonds. The summed E-state index contributed by atoms with van der Waals surface area (Å²) < 4.78 is 23.2. The van der Waals surface area contributed by atoms with Crippen LogP contribution in [-0.2, 0) is 19.6 Å². The van der Waals surface area contributed by atoms with E-state index >= 15 is 0 Å². The van der Waals surface area contributed by atoms with E-state index in [9.17, 15) is 18.3 Å². The number of hydrogen-bond donors (Lipinski definition) is 3. The number of aliphatic carboxylic acids is 1. The van der Waals surface area contributed by atoms with Crippen LogP contribution >= 0.6 is 0 Å². The molecule has 0 aliphatic heterocycles. The number of aliphatic hydroxyl groups is 1. The summed E-state index contributed by atoms with van der Waals surface area (Å²) in [5.41, 5.74) is 5.21. The van der Waals surface area contributed by atoms with Crippen molar-refractivity contribution in [1.82, 2.24) is 0 Å². The van der Waals surface area contributed by atoms with Gasteiger partial charge in [0.15, 0.2) is 15.9 Å². The molecule has 0 aliphatic carbocycles. The summed E-state index contributed by atoms with van der Waals surface area (Å²) >= 11 is 0. The molecule has 0 aliphatic rings. The number of carboxylic acid groups (broad SMARTS) is 1. The molecule has 1 rings (SSSR count). The van der Waals surface area contributed by atoms with E-state index in [1.54, 1.807) is 6.07 Å². The zero-order valence-electron chi connectivity index (χ0n) is 9.07. The third-order valence-corrected chi connectivity index (χ3v) is 4.06. The van der Waals surface area contributed by atoms with Crippen molar-refractivity contribution in [2.75, 3.05) is 6.26 Å². The molecule has 0 spiro atoms. The van der Waals surface area contributed by atoms with E-state index in [1.165, 1.54) is 24.3 Å². The highest BCUT2D eigenvalue weighted by Crippen LogP contribution is 2.29. The third kappa shape index (κ3) is 2.31. The van der Waals surface area contributed by atoms with Crippen LogP contribution in [0.15, 0.2) is 30.3 Å². The third-order valence-electron chi connectivity index (χ3n) is 2.44. The first-order chi connectivity index (χ1) is 7.71. The predicted molar refractivity (Wildman–Crippen MR) is 60.8 cm³/mol. The van der Waals surface area contributed by atoms with Crippen molar-refractivity contribution in [3.63, 3.8) is 0 Å². The molecule has 17 heavy (non-hydrogen) atoms. The SMILES string of the molecule is CS(=O)(=O)C(O)(c1ccccc1)C(N)C(=O)O. The van der Waals surface area contributed by atoms with Crippen molar-refractivity contribution in [1.29, 1.82) is 0 Å². The first-order valence-corrected chi connectivity index (χ1v) is 6.56. The number of benzene rings is 1. The Bertz CT molecular complexity index is 513. The van der Waals surface area contributed by atoms with Gasteiger partial charge in [0.25, 0.3) is 0 Å². The van der Waals surface area contributed by atoms with Gasteiger partial charge in [-0.05, 0) is 0 Å². The van der Waals surface area contributed by atoms with E-state index in [0.717, 1.165) is 6.26 Å². The van der Waals surface area contributed by atoms with Gasteiger partial charge in [-0.1, -0.05) is 30.3 Å². The van der Waals surface area contributed by atoms with Crippen molar-refractivity contribution in [2.45, 2.75) is 11.0 Å². The molecule has 2 atom stereocenters. The highest BCUT2D eigenvalue weighted by atomic mass is 32.2. The second-order valence-electron chi connectivity index (χ2n) is 3.65. The number of carbonyl (C=O) groups is 1. The summed E-state index contributed by atoms with van der Waals surface area (Å²) in [5.74, 6) is -1.60. The van der Waals surface area contributed by atoms with Crippen LogP contribution in [0.1, 0.15) is 5.56 Å². The number of sulfone groups is 1. The van der Waals surface area contributed by atoms with Crippen molar-refractivity contribution in [2.24, 2.45) is 5.73 Å². The van der Waals surface area contributed by atoms with Crippen LogP contribution in [0.25, 0.3) is 0 Å². The van der Waals surface area contributed by atoms with Gasteiger partial charge in [0, 0.05) is 11.8 Å². The van der Waals surface area contributed by atoms with Crippen molar-refractivity contribution >= 4 is 15.8 Å². The smallest absolute Gasteiger partial charge is 0.325 e. The first kappa shape index (κ1) is 13.6. The van der Waals surface area contributed by atoms with Gasteiger partial charge in [0.05, 0.1) is 0 Å². The van der Waals surface area contributed by atoms with E-state index in [2.05, 4.69) is 0 Å². The number of nitrogens with two attached hydrogens (primary N) is 1. The molecule has 0 saturated carbocycles. The summed E-state index contributed by atoms with van der Waals surface area (Å²) in [6.07, 6.45) is 0.739. The molecule has 6 nitrogen and oxygen atoms in total. The second-order valence-corrected chi connectivity index (χ2v) is 5.82. The van der Waals surface area contributed by atoms with Crippen molar-refractivity contribution in [3.8, 4) is 0 Å². The van der Waals surface area contributed by atoms with Crippen LogP contribution in [0.3, 0.4) is 0 Å². The van der Waals surface area contributed by atoms with E-state index in [1.807, 2.05) is 0 Å². The van der Waals surface area contributed by atoms with Crippen LogP contribution in [0.2, 0.25) is 0 Å². The summed E-state index contributed by atoms with van der Waals surface area (Å²) in [5, 5.41) is 19.0. The quantitative estimate of drug-likeness (QED) is 0.657. The van der Waals surface area contributed by atoms with Gasteiger partial charge in [0.2, 0.25) is 4.93 Å².